The van der Waals surface area contributed by atoms with Crippen LogP contribution in [0.2, 0.25) is 0 Å². The van der Waals surface area contributed by atoms with Gasteiger partial charge in [-0.3, -0.25) is 0 Å². The molecular weight excluding hydrogens is 236 g/mol. The summed E-state index contributed by atoms with van der Waals surface area (Å²) in [6, 6.07) is 2.00. The Morgan fingerprint density at radius 1 is 1.32 bits per heavy atom. The maximum atomic E-state index is 6.11. The summed E-state index contributed by atoms with van der Waals surface area (Å²) in [4.78, 5) is 4.81. The number of hydrogen-bond donors (Lipinski definition) is 1. The quantitative estimate of drug-likeness (QED) is 0.896. The average molecular weight is 256 g/mol. The van der Waals surface area contributed by atoms with Gasteiger partial charge in [0.2, 0.25) is 0 Å². The molecule has 4 nitrogen and oxygen atoms in total. The minimum absolute atomic E-state index is 0.564. The molecule has 0 unspecified atom stereocenters. The number of nitrogen functional groups attached to an aromatic ring is 1. The third-order valence-corrected chi connectivity index (χ3v) is 3.92. The summed E-state index contributed by atoms with van der Waals surface area (Å²) >= 11 is 0. The lowest BCUT2D eigenvalue weighted by molar-refractivity contribution is 0.437. The first-order chi connectivity index (χ1) is 9.29. The maximum absolute atomic E-state index is 6.11. The average Bonchev–Trinajstić information content (AvgIpc) is 2.84. The van der Waals surface area contributed by atoms with Crippen molar-refractivity contribution in [2.45, 2.75) is 44.9 Å². The van der Waals surface area contributed by atoms with Gasteiger partial charge in [-0.05, 0) is 19.8 Å². The van der Waals surface area contributed by atoms with Gasteiger partial charge in [-0.25, -0.2) is 4.98 Å². The first kappa shape index (κ1) is 12.2. The second-order valence-electron chi connectivity index (χ2n) is 5.28. The molecule has 19 heavy (non-hydrogen) atoms. The lowest BCUT2D eigenvalue weighted by Gasteiger charge is -2.21. The number of aromatic nitrogens is 3. The highest BCUT2D eigenvalue weighted by atomic mass is 15.3. The molecule has 1 saturated carbocycles. The van der Waals surface area contributed by atoms with Gasteiger partial charge in [0.05, 0.1) is 6.20 Å². The number of nitrogens with two attached hydrogens (primary N) is 1. The van der Waals surface area contributed by atoms with Crippen molar-refractivity contribution in [1.82, 2.24) is 14.6 Å². The van der Waals surface area contributed by atoms with Crippen molar-refractivity contribution in [2.24, 2.45) is 0 Å². The number of nitrogens with zero attached hydrogens (tertiary/aromatic N) is 3. The molecule has 4 heteroatoms. The van der Waals surface area contributed by atoms with Crippen LogP contribution in [0, 0.1) is 0 Å². The van der Waals surface area contributed by atoms with Crippen LogP contribution in [0.25, 0.3) is 11.7 Å². The van der Waals surface area contributed by atoms with Crippen molar-refractivity contribution in [2.75, 3.05) is 5.73 Å². The van der Waals surface area contributed by atoms with E-state index in [-0.39, 0.29) is 0 Å². The van der Waals surface area contributed by atoms with Gasteiger partial charge in [0.1, 0.15) is 5.82 Å². The first-order valence-electron chi connectivity index (χ1n) is 7.06. The van der Waals surface area contributed by atoms with E-state index in [0.29, 0.717) is 11.7 Å². The lowest BCUT2D eigenvalue weighted by Crippen LogP contribution is -2.10. The Bertz CT molecular complexity index is 606. The summed E-state index contributed by atoms with van der Waals surface area (Å²) < 4.78 is 1.72. The Kier molecular flexibility index (Phi) is 3.23. The Labute approximate surface area is 113 Å². The molecule has 0 atom stereocenters. The molecule has 0 saturated heterocycles. The standard InChI is InChI=1S/C15H20N4/c1-2-6-12-10-17-19-14(16)9-13(18-15(12)19)11-7-4-3-5-8-11/h2,6,9-11H,3-5,7-8,16H2,1H3/b6-2-. The van der Waals surface area contributed by atoms with E-state index < -0.39 is 0 Å². The topological polar surface area (TPSA) is 56.2 Å². The highest BCUT2D eigenvalue weighted by molar-refractivity contribution is 5.66. The maximum Gasteiger partial charge on any atom is 0.164 e. The van der Waals surface area contributed by atoms with Gasteiger partial charge in [-0.1, -0.05) is 31.4 Å². The van der Waals surface area contributed by atoms with E-state index in [1.165, 1.54) is 32.1 Å². The Morgan fingerprint density at radius 3 is 2.84 bits per heavy atom. The predicted molar refractivity (Wildman–Crippen MR) is 77.9 cm³/mol. The van der Waals surface area contributed by atoms with Crippen LogP contribution in [0.1, 0.15) is 56.2 Å². The van der Waals surface area contributed by atoms with Crippen LogP contribution in [0.5, 0.6) is 0 Å². The van der Waals surface area contributed by atoms with Gasteiger partial charge in [-0.2, -0.15) is 9.61 Å². The molecule has 0 aromatic carbocycles. The molecule has 1 fully saturated rings. The minimum atomic E-state index is 0.564. The van der Waals surface area contributed by atoms with Gasteiger partial charge in [-0.15, -0.1) is 0 Å². The smallest absolute Gasteiger partial charge is 0.164 e. The largest absolute Gasteiger partial charge is 0.384 e. The molecule has 2 aromatic rings. The fraction of sp³-hybridized carbons (Fsp3) is 0.467. The Morgan fingerprint density at radius 2 is 2.11 bits per heavy atom. The normalized spacial score (nSPS) is 17.5. The predicted octanol–water partition coefficient (Wildman–Crippen LogP) is 3.39. The Hall–Kier alpha value is -1.84. The number of rotatable bonds is 2. The SMILES string of the molecule is C/C=C\c1cnn2c(N)cc(C3CCCCC3)nc12. The number of anilines is 1. The van der Waals surface area contributed by atoms with E-state index in [4.69, 9.17) is 10.7 Å². The van der Waals surface area contributed by atoms with E-state index >= 15 is 0 Å². The van der Waals surface area contributed by atoms with Crippen molar-refractivity contribution in [3.63, 3.8) is 0 Å². The number of allylic oxidation sites excluding steroid dienone is 1. The second kappa shape index (κ2) is 5.03. The van der Waals surface area contributed by atoms with E-state index in [1.807, 2.05) is 31.3 Å². The van der Waals surface area contributed by atoms with Crippen LogP contribution < -0.4 is 5.73 Å². The van der Waals surface area contributed by atoms with Crippen molar-refractivity contribution in [3.8, 4) is 0 Å². The van der Waals surface area contributed by atoms with Crippen molar-refractivity contribution in [1.29, 1.82) is 0 Å². The van der Waals surface area contributed by atoms with E-state index in [2.05, 4.69) is 5.10 Å². The molecule has 0 spiro atoms. The van der Waals surface area contributed by atoms with Gasteiger partial charge < -0.3 is 5.73 Å². The zero-order valence-electron chi connectivity index (χ0n) is 11.3. The monoisotopic (exact) mass is 256 g/mol. The van der Waals surface area contributed by atoms with Crippen molar-refractivity contribution >= 4 is 17.5 Å². The Balaban J connectivity index is 2.08. The molecule has 0 bridgehead atoms. The molecule has 0 aliphatic heterocycles. The van der Waals surface area contributed by atoms with E-state index in [1.54, 1.807) is 4.52 Å². The van der Waals surface area contributed by atoms with Crippen molar-refractivity contribution in [3.05, 3.63) is 29.6 Å². The molecule has 0 amide bonds. The molecule has 1 aliphatic rings. The van der Waals surface area contributed by atoms with Gasteiger partial charge in [0, 0.05) is 23.2 Å². The summed E-state index contributed by atoms with van der Waals surface area (Å²) in [5.74, 6) is 1.25. The van der Waals surface area contributed by atoms with E-state index in [0.717, 1.165) is 16.9 Å². The summed E-state index contributed by atoms with van der Waals surface area (Å²) in [5.41, 5.74) is 9.15. The molecule has 3 rings (SSSR count). The molecule has 100 valence electrons. The van der Waals surface area contributed by atoms with Crippen molar-refractivity contribution < 1.29 is 0 Å². The summed E-state index contributed by atoms with van der Waals surface area (Å²) in [6.07, 6.45) is 12.3. The van der Waals surface area contributed by atoms with Crippen LogP contribution >= 0.6 is 0 Å². The lowest BCUT2D eigenvalue weighted by atomic mass is 9.87. The van der Waals surface area contributed by atoms with E-state index in [9.17, 15) is 0 Å². The highest BCUT2D eigenvalue weighted by Crippen LogP contribution is 2.32. The molecule has 0 radical (unpaired) electrons. The summed E-state index contributed by atoms with van der Waals surface area (Å²) in [5, 5.41) is 4.30. The summed E-state index contributed by atoms with van der Waals surface area (Å²) in [7, 11) is 0. The fourth-order valence-corrected chi connectivity index (χ4v) is 2.93. The third kappa shape index (κ3) is 2.23. The fourth-order valence-electron chi connectivity index (χ4n) is 2.93. The molecule has 2 heterocycles. The first-order valence-corrected chi connectivity index (χ1v) is 7.06. The molecular formula is C15H20N4. The zero-order chi connectivity index (χ0) is 13.2. The zero-order valence-corrected chi connectivity index (χ0v) is 11.3. The van der Waals surface area contributed by atoms with Crippen LogP contribution in [0.3, 0.4) is 0 Å². The van der Waals surface area contributed by atoms with Crippen LogP contribution in [-0.4, -0.2) is 14.6 Å². The number of hydrogen-bond acceptors (Lipinski definition) is 3. The highest BCUT2D eigenvalue weighted by Gasteiger charge is 2.19. The second-order valence-corrected chi connectivity index (χ2v) is 5.28. The van der Waals surface area contributed by atoms with Gasteiger partial charge in [0.15, 0.2) is 5.65 Å². The van der Waals surface area contributed by atoms with Crippen LogP contribution in [0.4, 0.5) is 5.82 Å². The van der Waals surface area contributed by atoms with Crippen LogP contribution in [-0.2, 0) is 0 Å². The van der Waals surface area contributed by atoms with Gasteiger partial charge >= 0.3 is 0 Å². The third-order valence-electron chi connectivity index (χ3n) is 3.92. The molecule has 2 aromatic heterocycles. The van der Waals surface area contributed by atoms with Gasteiger partial charge in [0.25, 0.3) is 0 Å². The molecule has 2 N–H and O–H groups in total. The minimum Gasteiger partial charge on any atom is -0.384 e. The number of fused-ring (bicyclic) bond motifs is 1. The van der Waals surface area contributed by atoms with Crippen LogP contribution in [0.15, 0.2) is 18.3 Å². The molecule has 1 aliphatic carbocycles. The summed E-state index contributed by atoms with van der Waals surface area (Å²) in [6.45, 7) is 2.00.